The summed E-state index contributed by atoms with van der Waals surface area (Å²) < 4.78 is 20.5. The van der Waals surface area contributed by atoms with Gasteiger partial charge in [0.1, 0.15) is 12.4 Å². The molecule has 2 saturated carbocycles. The van der Waals surface area contributed by atoms with Gasteiger partial charge in [0, 0.05) is 12.7 Å². The lowest BCUT2D eigenvalue weighted by Gasteiger charge is -2.30. The fourth-order valence-electron chi connectivity index (χ4n) is 6.21. The molecule has 2 aliphatic rings. The van der Waals surface area contributed by atoms with Gasteiger partial charge in [-0.15, -0.1) is 0 Å². The Balaban J connectivity index is 1.40. The van der Waals surface area contributed by atoms with Crippen LogP contribution in [0.3, 0.4) is 0 Å². The minimum absolute atomic E-state index is 0.0193. The van der Waals surface area contributed by atoms with E-state index in [9.17, 15) is 9.90 Å². The lowest BCUT2D eigenvalue weighted by Crippen LogP contribution is -2.15. The minimum atomic E-state index is -0.430. The van der Waals surface area contributed by atoms with Crippen LogP contribution in [0.1, 0.15) is 110 Å². The lowest BCUT2D eigenvalue weighted by atomic mass is 9.75. The van der Waals surface area contributed by atoms with Crippen LogP contribution in [0.15, 0.2) is 49.1 Å². The number of esters is 1. The van der Waals surface area contributed by atoms with E-state index in [0.717, 1.165) is 54.7 Å². The molecule has 0 saturated heterocycles. The Hall–Kier alpha value is -2.46. The topological polar surface area (TPSA) is 46.5 Å². The van der Waals surface area contributed by atoms with Gasteiger partial charge >= 0.3 is 5.97 Å². The number of ether oxygens (including phenoxy) is 1. The number of halogens is 1. The Labute approximate surface area is 215 Å². The van der Waals surface area contributed by atoms with Crippen LogP contribution in [0.25, 0.3) is 0 Å². The van der Waals surface area contributed by atoms with E-state index in [0.29, 0.717) is 18.3 Å². The van der Waals surface area contributed by atoms with Gasteiger partial charge in [0.2, 0.25) is 0 Å². The summed E-state index contributed by atoms with van der Waals surface area (Å²) in [5.41, 5.74) is 5.43. The molecule has 0 aromatic heterocycles. The van der Waals surface area contributed by atoms with Gasteiger partial charge in [-0.25, -0.2) is 9.18 Å². The summed E-state index contributed by atoms with van der Waals surface area (Å²) in [7, 11) is 0. The van der Waals surface area contributed by atoms with Crippen LogP contribution in [0.5, 0.6) is 0 Å². The normalized spacial score (nSPS) is 24.3. The highest BCUT2D eigenvalue weighted by Gasteiger charge is 2.27. The van der Waals surface area contributed by atoms with Gasteiger partial charge < -0.3 is 9.84 Å². The molecule has 0 amide bonds. The van der Waals surface area contributed by atoms with E-state index in [2.05, 4.69) is 43.8 Å². The van der Waals surface area contributed by atoms with Crippen LogP contribution in [0.2, 0.25) is 0 Å². The van der Waals surface area contributed by atoms with E-state index in [1.807, 2.05) is 6.07 Å². The molecule has 0 unspecified atom stereocenters. The molecular weight excluding hydrogens is 451 g/mol. The summed E-state index contributed by atoms with van der Waals surface area (Å²) in [6, 6.07) is 12.5. The fourth-order valence-corrected chi connectivity index (χ4v) is 6.21. The zero-order chi connectivity index (χ0) is 25.5. The second kappa shape index (κ2) is 12.7. The van der Waals surface area contributed by atoms with Crippen molar-refractivity contribution in [2.75, 3.05) is 6.61 Å². The van der Waals surface area contributed by atoms with Gasteiger partial charge in [0.05, 0.1) is 0 Å². The summed E-state index contributed by atoms with van der Waals surface area (Å²) in [5.74, 6) is 1.57. The zero-order valence-electron chi connectivity index (χ0n) is 21.7. The molecule has 4 rings (SSSR count). The SMILES string of the molecule is C=CC(=O)OCc1cc(C2CCC(c3ccc(C4CCC(C)CC4)cc3F)CC2)ccc1CCCO. The molecule has 0 atom stereocenters. The maximum Gasteiger partial charge on any atom is 0.330 e. The number of benzene rings is 2. The Morgan fingerprint density at radius 1 is 0.944 bits per heavy atom. The molecule has 0 heterocycles. The summed E-state index contributed by atoms with van der Waals surface area (Å²) >= 11 is 0. The fraction of sp³-hybridized carbons (Fsp3) is 0.531. The lowest BCUT2D eigenvalue weighted by molar-refractivity contribution is -0.139. The standard InChI is InChI=1S/C32H41FO3/c1-3-32(35)36-21-29-19-27(15-12-23(29)5-4-18-34)25-10-13-26(14-11-25)30-17-16-28(20-31(30)33)24-8-6-22(2)7-9-24/h3,12,15-17,19-20,22,24-26,34H,1,4-11,13-14,18,21H2,2H3. The number of aliphatic hydroxyl groups is 1. The Morgan fingerprint density at radius 3 is 2.19 bits per heavy atom. The molecule has 0 bridgehead atoms. The predicted molar refractivity (Wildman–Crippen MR) is 143 cm³/mol. The van der Waals surface area contributed by atoms with Crippen LogP contribution in [0.4, 0.5) is 4.39 Å². The van der Waals surface area contributed by atoms with Crippen molar-refractivity contribution in [3.8, 4) is 0 Å². The first-order valence-electron chi connectivity index (χ1n) is 13.8. The molecule has 36 heavy (non-hydrogen) atoms. The maximum absolute atomic E-state index is 15.2. The molecule has 2 fully saturated rings. The molecule has 2 aromatic carbocycles. The second-order valence-corrected chi connectivity index (χ2v) is 11.0. The molecule has 0 radical (unpaired) electrons. The number of hydrogen-bond donors (Lipinski definition) is 1. The van der Waals surface area contributed by atoms with Crippen LogP contribution in [0, 0.1) is 11.7 Å². The number of carbonyl (C=O) groups excluding carboxylic acids is 1. The largest absolute Gasteiger partial charge is 0.458 e. The third kappa shape index (κ3) is 6.64. The summed E-state index contributed by atoms with van der Waals surface area (Å²) in [6.45, 7) is 6.14. The Morgan fingerprint density at radius 2 is 1.56 bits per heavy atom. The van der Waals surface area contributed by atoms with Crippen molar-refractivity contribution in [2.24, 2.45) is 5.92 Å². The van der Waals surface area contributed by atoms with E-state index < -0.39 is 5.97 Å². The van der Waals surface area contributed by atoms with Gasteiger partial charge in [-0.3, -0.25) is 0 Å². The predicted octanol–water partition coefficient (Wildman–Crippen LogP) is 7.71. The smallest absolute Gasteiger partial charge is 0.330 e. The highest BCUT2D eigenvalue weighted by atomic mass is 19.1. The molecule has 1 N–H and O–H groups in total. The molecule has 3 nitrogen and oxygen atoms in total. The van der Waals surface area contributed by atoms with Crippen LogP contribution in [-0.2, 0) is 22.6 Å². The average Bonchev–Trinajstić information content (AvgIpc) is 2.91. The van der Waals surface area contributed by atoms with Crippen LogP contribution >= 0.6 is 0 Å². The van der Waals surface area contributed by atoms with Crippen molar-refractivity contribution < 1.29 is 19.0 Å². The Bertz CT molecular complexity index is 1030. The first-order chi connectivity index (χ1) is 17.5. The van der Waals surface area contributed by atoms with Gasteiger partial charge in [-0.2, -0.15) is 0 Å². The van der Waals surface area contributed by atoms with E-state index in [1.54, 1.807) is 0 Å². The van der Waals surface area contributed by atoms with Crippen molar-refractivity contribution in [1.82, 2.24) is 0 Å². The van der Waals surface area contributed by atoms with Crippen LogP contribution < -0.4 is 0 Å². The average molecular weight is 493 g/mol. The quantitative estimate of drug-likeness (QED) is 0.288. The zero-order valence-corrected chi connectivity index (χ0v) is 21.7. The number of aliphatic hydroxyl groups excluding tert-OH is 1. The number of rotatable bonds is 9. The third-order valence-corrected chi connectivity index (χ3v) is 8.52. The number of carbonyl (C=O) groups is 1. The molecule has 194 valence electrons. The highest BCUT2D eigenvalue weighted by molar-refractivity contribution is 5.81. The van der Waals surface area contributed by atoms with Crippen molar-refractivity contribution in [2.45, 2.75) is 95.5 Å². The first-order valence-corrected chi connectivity index (χ1v) is 13.8. The molecule has 2 aromatic rings. The minimum Gasteiger partial charge on any atom is -0.458 e. The van der Waals surface area contributed by atoms with Crippen LogP contribution in [-0.4, -0.2) is 17.7 Å². The van der Waals surface area contributed by atoms with Gasteiger partial charge in [0.15, 0.2) is 0 Å². The molecule has 0 aliphatic heterocycles. The summed E-state index contributed by atoms with van der Waals surface area (Å²) in [4.78, 5) is 11.6. The third-order valence-electron chi connectivity index (χ3n) is 8.52. The van der Waals surface area contributed by atoms with E-state index >= 15 is 4.39 Å². The molecule has 0 spiro atoms. The van der Waals surface area contributed by atoms with Crippen molar-refractivity contribution in [3.05, 3.63) is 82.7 Å². The Kier molecular flexibility index (Phi) is 9.36. The van der Waals surface area contributed by atoms with Crippen molar-refractivity contribution in [3.63, 3.8) is 0 Å². The monoisotopic (exact) mass is 492 g/mol. The number of aryl methyl sites for hydroxylation is 1. The second-order valence-electron chi connectivity index (χ2n) is 11.0. The molecule has 4 heteroatoms. The van der Waals surface area contributed by atoms with Gasteiger partial charge in [0.25, 0.3) is 0 Å². The highest BCUT2D eigenvalue weighted by Crippen LogP contribution is 2.43. The van der Waals surface area contributed by atoms with E-state index in [1.165, 1.54) is 42.9 Å². The van der Waals surface area contributed by atoms with Crippen molar-refractivity contribution >= 4 is 5.97 Å². The first kappa shape index (κ1) is 26.6. The molecular formula is C32H41FO3. The summed E-state index contributed by atoms with van der Waals surface area (Å²) in [5, 5.41) is 9.24. The summed E-state index contributed by atoms with van der Waals surface area (Å²) in [6.07, 6.45) is 11.5. The van der Waals surface area contributed by atoms with Crippen molar-refractivity contribution in [1.29, 1.82) is 0 Å². The van der Waals surface area contributed by atoms with E-state index in [4.69, 9.17) is 4.74 Å². The molecule has 2 aliphatic carbocycles. The van der Waals surface area contributed by atoms with Gasteiger partial charge in [-0.1, -0.05) is 56.7 Å². The maximum atomic E-state index is 15.2. The number of hydrogen-bond acceptors (Lipinski definition) is 3. The van der Waals surface area contributed by atoms with E-state index in [-0.39, 0.29) is 24.9 Å². The van der Waals surface area contributed by atoms with Gasteiger partial charge in [-0.05, 0) is 109 Å².